The molecule has 2 heterocycles. The first-order valence-corrected chi connectivity index (χ1v) is 8.92. The second-order valence-electron chi connectivity index (χ2n) is 6.32. The predicted octanol–water partition coefficient (Wildman–Crippen LogP) is 2.25. The van der Waals surface area contributed by atoms with E-state index in [1.54, 1.807) is 31.2 Å². The molecule has 2 amide bonds. The van der Waals surface area contributed by atoms with Gasteiger partial charge in [-0.05, 0) is 38.4 Å². The van der Waals surface area contributed by atoms with Crippen molar-refractivity contribution >= 4 is 35.1 Å². The first-order valence-electron chi connectivity index (χ1n) is 8.55. The normalized spacial score (nSPS) is 24.6. The van der Waals surface area contributed by atoms with E-state index in [2.05, 4.69) is 0 Å². The van der Waals surface area contributed by atoms with Crippen LogP contribution in [-0.4, -0.2) is 48.4 Å². The zero-order valence-corrected chi connectivity index (χ0v) is 14.9. The number of hydrogen-bond donors (Lipinski definition) is 0. The van der Waals surface area contributed by atoms with Gasteiger partial charge in [0, 0.05) is 6.54 Å². The lowest BCUT2D eigenvalue weighted by molar-refractivity contribution is -0.150. The Hall–Kier alpha value is -1.92. The van der Waals surface area contributed by atoms with Gasteiger partial charge in [-0.3, -0.25) is 19.3 Å². The third kappa shape index (κ3) is 3.55. The van der Waals surface area contributed by atoms with Gasteiger partial charge < -0.3 is 4.74 Å². The number of piperidine rings is 1. The Balaban J connectivity index is 1.76. The number of carbonyl (C=O) groups is 3. The monoisotopic (exact) mass is 364 g/mol. The van der Waals surface area contributed by atoms with Gasteiger partial charge in [0.05, 0.1) is 35.7 Å². The average molecular weight is 365 g/mol. The van der Waals surface area contributed by atoms with Gasteiger partial charge in [0.25, 0.3) is 5.91 Å². The number of imide groups is 1. The minimum atomic E-state index is -0.541. The van der Waals surface area contributed by atoms with E-state index >= 15 is 0 Å². The van der Waals surface area contributed by atoms with Crippen LogP contribution in [0.25, 0.3) is 0 Å². The quantitative estimate of drug-likeness (QED) is 0.605. The van der Waals surface area contributed by atoms with Crippen LogP contribution in [0.2, 0.25) is 5.02 Å². The van der Waals surface area contributed by atoms with Crippen LogP contribution in [0.15, 0.2) is 24.3 Å². The Morgan fingerprint density at radius 3 is 2.80 bits per heavy atom. The summed E-state index contributed by atoms with van der Waals surface area (Å²) >= 11 is 6.15. The topological polar surface area (TPSA) is 66.9 Å². The molecule has 0 N–H and O–H groups in total. The summed E-state index contributed by atoms with van der Waals surface area (Å²) in [4.78, 5) is 40.4. The number of ether oxygens (including phenoxy) is 1. The summed E-state index contributed by atoms with van der Waals surface area (Å²) < 4.78 is 5.10. The molecule has 0 aliphatic carbocycles. The van der Waals surface area contributed by atoms with Crippen LogP contribution in [-0.2, 0) is 19.1 Å². The molecule has 2 aliphatic rings. The van der Waals surface area contributed by atoms with E-state index in [0.717, 1.165) is 12.8 Å². The fraction of sp³-hybridized carbons (Fsp3) is 0.500. The Labute approximate surface area is 151 Å². The molecule has 0 saturated carbocycles. The van der Waals surface area contributed by atoms with Gasteiger partial charge in [0.15, 0.2) is 0 Å². The highest BCUT2D eigenvalue weighted by Gasteiger charge is 2.45. The van der Waals surface area contributed by atoms with E-state index in [1.165, 1.54) is 4.90 Å². The number of esters is 1. The molecule has 0 radical (unpaired) electrons. The van der Waals surface area contributed by atoms with Crippen molar-refractivity contribution in [2.45, 2.75) is 32.2 Å². The molecule has 2 atom stereocenters. The molecule has 0 unspecified atom stereocenters. The standard InChI is InChI=1S/C18H21ClN2O4/c1-2-25-18(24)12-6-5-9-20(11-12)15-10-16(22)21(17(15)23)14-8-4-3-7-13(14)19/h3-4,7-8,12,15H,2,5-6,9-11H2,1H3/t12-,15-/m1/s1. The van der Waals surface area contributed by atoms with Crippen LogP contribution in [0.5, 0.6) is 0 Å². The van der Waals surface area contributed by atoms with E-state index in [0.29, 0.717) is 30.4 Å². The zero-order valence-electron chi connectivity index (χ0n) is 14.1. The number of amides is 2. The highest BCUT2D eigenvalue weighted by molar-refractivity contribution is 6.36. The van der Waals surface area contributed by atoms with Gasteiger partial charge in [-0.25, -0.2) is 4.90 Å². The first kappa shape index (κ1) is 17.9. The molecule has 1 aromatic rings. The maximum Gasteiger partial charge on any atom is 0.310 e. The highest BCUT2D eigenvalue weighted by Crippen LogP contribution is 2.32. The fourth-order valence-electron chi connectivity index (χ4n) is 3.53. The summed E-state index contributed by atoms with van der Waals surface area (Å²) in [6, 6.07) is 6.28. The Morgan fingerprint density at radius 1 is 1.32 bits per heavy atom. The van der Waals surface area contributed by atoms with Crippen molar-refractivity contribution in [3.63, 3.8) is 0 Å². The molecule has 0 bridgehead atoms. The van der Waals surface area contributed by atoms with Crippen molar-refractivity contribution in [3.05, 3.63) is 29.3 Å². The lowest BCUT2D eigenvalue weighted by atomic mass is 9.96. The zero-order chi connectivity index (χ0) is 18.0. The molecule has 2 aliphatic heterocycles. The second kappa shape index (κ2) is 7.54. The van der Waals surface area contributed by atoms with Crippen molar-refractivity contribution in [1.29, 1.82) is 0 Å². The molecule has 1 aromatic carbocycles. The van der Waals surface area contributed by atoms with E-state index in [-0.39, 0.29) is 30.1 Å². The summed E-state index contributed by atoms with van der Waals surface area (Å²) in [6.07, 6.45) is 1.66. The second-order valence-corrected chi connectivity index (χ2v) is 6.73. The largest absolute Gasteiger partial charge is 0.466 e. The summed E-state index contributed by atoms with van der Waals surface area (Å²) in [7, 11) is 0. The van der Waals surface area contributed by atoms with Crippen LogP contribution >= 0.6 is 11.6 Å². The predicted molar refractivity (Wildman–Crippen MR) is 93.3 cm³/mol. The van der Waals surface area contributed by atoms with E-state index in [9.17, 15) is 14.4 Å². The molecule has 2 fully saturated rings. The summed E-state index contributed by atoms with van der Waals surface area (Å²) in [6.45, 7) is 3.25. The Morgan fingerprint density at radius 2 is 2.08 bits per heavy atom. The summed E-state index contributed by atoms with van der Waals surface area (Å²) in [5.74, 6) is -1.01. The van der Waals surface area contributed by atoms with Gasteiger partial charge in [0.1, 0.15) is 0 Å². The number of hydrogen-bond acceptors (Lipinski definition) is 5. The average Bonchev–Trinajstić information content (AvgIpc) is 2.90. The number of rotatable bonds is 4. The van der Waals surface area contributed by atoms with Crippen molar-refractivity contribution in [1.82, 2.24) is 4.90 Å². The molecule has 6 nitrogen and oxygen atoms in total. The molecule has 2 saturated heterocycles. The molecule has 134 valence electrons. The minimum absolute atomic E-state index is 0.111. The van der Waals surface area contributed by atoms with Gasteiger partial charge in [-0.1, -0.05) is 23.7 Å². The number of nitrogens with zero attached hydrogens (tertiary/aromatic N) is 2. The van der Waals surface area contributed by atoms with Gasteiger partial charge in [-0.15, -0.1) is 0 Å². The van der Waals surface area contributed by atoms with Crippen LogP contribution in [0.4, 0.5) is 5.69 Å². The van der Waals surface area contributed by atoms with Gasteiger partial charge in [0.2, 0.25) is 5.91 Å². The number of benzene rings is 1. The van der Waals surface area contributed by atoms with Crippen molar-refractivity contribution < 1.29 is 19.1 Å². The lowest BCUT2D eigenvalue weighted by Gasteiger charge is -2.34. The maximum absolute atomic E-state index is 12.9. The summed E-state index contributed by atoms with van der Waals surface area (Å²) in [5, 5.41) is 0.368. The van der Waals surface area contributed by atoms with Crippen molar-refractivity contribution in [3.8, 4) is 0 Å². The summed E-state index contributed by atoms with van der Waals surface area (Å²) in [5.41, 5.74) is 0.417. The van der Waals surface area contributed by atoms with E-state index in [4.69, 9.17) is 16.3 Å². The van der Waals surface area contributed by atoms with E-state index in [1.807, 2.05) is 4.90 Å². The number of para-hydroxylation sites is 1. The van der Waals surface area contributed by atoms with Crippen LogP contribution in [0, 0.1) is 5.92 Å². The number of anilines is 1. The molecular formula is C18H21ClN2O4. The smallest absolute Gasteiger partial charge is 0.310 e. The molecule has 3 rings (SSSR count). The van der Waals surface area contributed by atoms with Crippen molar-refractivity contribution in [2.75, 3.05) is 24.6 Å². The Kier molecular flexibility index (Phi) is 5.39. The lowest BCUT2D eigenvalue weighted by Crippen LogP contribution is -2.48. The van der Waals surface area contributed by atoms with Crippen LogP contribution < -0.4 is 4.90 Å². The molecule has 7 heteroatoms. The van der Waals surface area contributed by atoms with Crippen molar-refractivity contribution in [2.24, 2.45) is 5.92 Å². The third-order valence-electron chi connectivity index (χ3n) is 4.73. The fourth-order valence-corrected chi connectivity index (χ4v) is 3.75. The van der Waals surface area contributed by atoms with Gasteiger partial charge in [-0.2, -0.15) is 0 Å². The number of carbonyl (C=O) groups excluding carboxylic acids is 3. The Bertz CT molecular complexity index is 693. The highest BCUT2D eigenvalue weighted by atomic mass is 35.5. The third-order valence-corrected chi connectivity index (χ3v) is 5.05. The number of halogens is 1. The van der Waals surface area contributed by atoms with Crippen LogP contribution in [0.1, 0.15) is 26.2 Å². The molecule has 0 spiro atoms. The SMILES string of the molecule is CCOC(=O)[C@@H]1CCCN([C@@H]2CC(=O)N(c3ccccc3Cl)C2=O)C1. The molecule has 25 heavy (non-hydrogen) atoms. The minimum Gasteiger partial charge on any atom is -0.466 e. The first-order chi connectivity index (χ1) is 12.0. The van der Waals surface area contributed by atoms with Crippen LogP contribution in [0.3, 0.4) is 0 Å². The molecular weight excluding hydrogens is 344 g/mol. The van der Waals surface area contributed by atoms with Gasteiger partial charge >= 0.3 is 5.97 Å². The maximum atomic E-state index is 12.9. The number of likely N-dealkylation sites (tertiary alicyclic amines) is 1. The molecule has 0 aromatic heterocycles. The van der Waals surface area contributed by atoms with E-state index < -0.39 is 6.04 Å².